The smallest absolute Gasteiger partial charge is 0.229 e. The maximum absolute atomic E-state index is 10.9. The molecule has 3 aromatic rings. The van der Waals surface area contributed by atoms with Crippen molar-refractivity contribution in [2.24, 2.45) is 0 Å². The van der Waals surface area contributed by atoms with Gasteiger partial charge >= 0.3 is 0 Å². The SMILES string of the molecule is CCC1(O)CCc2ccc(Nc3nc(Nc4ccc5c(c4)CCN(C)C5(C)C)ncc3C#N)nc21. The molecule has 5 rings (SSSR count). The summed E-state index contributed by atoms with van der Waals surface area (Å²) in [4.78, 5) is 16.0. The van der Waals surface area contributed by atoms with E-state index in [1.54, 1.807) is 0 Å². The van der Waals surface area contributed by atoms with E-state index in [0.29, 0.717) is 41.7 Å². The summed E-state index contributed by atoms with van der Waals surface area (Å²) in [6, 6.07) is 12.4. The third-order valence-corrected chi connectivity index (χ3v) is 7.66. The van der Waals surface area contributed by atoms with E-state index in [1.807, 2.05) is 25.1 Å². The number of aryl methyl sites for hydroxylation is 1. The van der Waals surface area contributed by atoms with Crippen molar-refractivity contribution in [3.05, 3.63) is 64.5 Å². The van der Waals surface area contributed by atoms with E-state index in [-0.39, 0.29) is 5.54 Å². The van der Waals surface area contributed by atoms with Crippen LogP contribution in [-0.2, 0) is 24.0 Å². The predicted octanol–water partition coefficient (Wildman–Crippen LogP) is 4.50. The van der Waals surface area contributed by atoms with E-state index in [9.17, 15) is 10.4 Å². The van der Waals surface area contributed by atoms with Crippen LogP contribution in [0.3, 0.4) is 0 Å². The number of hydrogen-bond acceptors (Lipinski definition) is 8. The van der Waals surface area contributed by atoms with E-state index in [2.05, 4.69) is 69.6 Å². The second-order valence-corrected chi connectivity index (χ2v) is 10.0. The summed E-state index contributed by atoms with van der Waals surface area (Å²) >= 11 is 0. The monoisotopic (exact) mass is 469 g/mol. The Kier molecular flexibility index (Phi) is 5.70. The van der Waals surface area contributed by atoms with Crippen molar-refractivity contribution >= 4 is 23.3 Å². The third-order valence-electron chi connectivity index (χ3n) is 7.66. The predicted molar refractivity (Wildman–Crippen MR) is 136 cm³/mol. The van der Waals surface area contributed by atoms with Gasteiger partial charge in [-0.2, -0.15) is 10.2 Å². The summed E-state index contributed by atoms with van der Waals surface area (Å²) in [6.07, 6.45) is 4.58. The Labute approximate surface area is 206 Å². The standard InChI is InChI=1S/C27H31N7O/c1-5-27(35)12-10-17-6-9-22(31-23(17)27)32-24-19(15-28)16-29-25(33-24)30-20-7-8-21-18(14-20)11-13-34(4)26(21,2)3/h6-9,14,16,35H,5,10-13H2,1-4H3,(H2,29,30,31,32,33). The zero-order valence-corrected chi connectivity index (χ0v) is 20.7. The number of pyridine rings is 1. The van der Waals surface area contributed by atoms with Crippen LogP contribution in [0.4, 0.5) is 23.3 Å². The molecule has 35 heavy (non-hydrogen) atoms. The highest BCUT2D eigenvalue weighted by atomic mass is 16.3. The Balaban J connectivity index is 1.41. The first-order chi connectivity index (χ1) is 16.7. The molecule has 1 aliphatic heterocycles. The van der Waals surface area contributed by atoms with Crippen LogP contribution in [0.15, 0.2) is 36.5 Å². The fourth-order valence-electron chi connectivity index (χ4n) is 5.08. The van der Waals surface area contributed by atoms with E-state index < -0.39 is 5.60 Å². The van der Waals surface area contributed by atoms with Gasteiger partial charge in [-0.3, -0.25) is 4.90 Å². The molecule has 0 saturated carbocycles. The van der Waals surface area contributed by atoms with Crippen LogP contribution in [0.5, 0.6) is 0 Å². The zero-order chi connectivity index (χ0) is 24.8. The van der Waals surface area contributed by atoms with Crippen molar-refractivity contribution in [1.82, 2.24) is 19.9 Å². The molecule has 0 fully saturated rings. The molecule has 0 amide bonds. The van der Waals surface area contributed by atoms with Gasteiger partial charge in [0.1, 0.15) is 23.1 Å². The number of nitrogens with one attached hydrogen (secondary N) is 2. The van der Waals surface area contributed by atoms with Gasteiger partial charge in [0.05, 0.1) is 11.9 Å². The first kappa shape index (κ1) is 23.2. The molecule has 0 radical (unpaired) electrons. The summed E-state index contributed by atoms with van der Waals surface area (Å²) in [5.74, 6) is 1.31. The van der Waals surface area contributed by atoms with Gasteiger partial charge in [0.15, 0.2) is 5.82 Å². The Morgan fingerprint density at radius 3 is 2.71 bits per heavy atom. The lowest BCUT2D eigenvalue weighted by molar-refractivity contribution is 0.0307. The number of aliphatic hydroxyl groups is 1. The van der Waals surface area contributed by atoms with Crippen LogP contribution >= 0.6 is 0 Å². The Morgan fingerprint density at radius 1 is 1.11 bits per heavy atom. The molecule has 1 unspecified atom stereocenters. The minimum atomic E-state index is -0.903. The molecule has 1 atom stereocenters. The van der Waals surface area contributed by atoms with Crippen LogP contribution in [0.25, 0.3) is 0 Å². The Hall–Kier alpha value is -3.54. The lowest BCUT2D eigenvalue weighted by Crippen LogP contribution is -2.43. The summed E-state index contributed by atoms with van der Waals surface area (Å²) in [5.41, 5.74) is 4.72. The maximum Gasteiger partial charge on any atom is 0.229 e. The number of hydrogen-bond donors (Lipinski definition) is 3. The molecule has 180 valence electrons. The van der Waals surface area contributed by atoms with Crippen LogP contribution in [0, 0.1) is 11.3 Å². The normalized spacial score (nSPS) is 20.6. The average molecular weight is 470 g/mol. The number of fused-ring (bicyclic) bond motifs is 2. The topological polar surface area (TPSA) is 110 Å². The molecular weight excluding hydrogens is 438 g/mol. The average Bonchev–Trinajstić information content (AvgIpc) is 3.18. The van der Waals surface area contributed by atoms with Crippen molar-refractivity contribution in [3.8, 4) is 6.07 Å². The molecular formula is C27H31N7O. The quantitative estimate of drug-likeness (QED) is 0.501. The molecule has 3 N–H and O–H groups in total. The van der Waals surface area contributed by atoms with E-state index in [0.717, 1.165) is 30.6 Å². The second-order valence-electron chi connectivity index (χ2n) is 10.0. The van der Waals surface area contributed by atoms with Gasteiger partial charge in [-0.15, -0.1) is 0 Å². The summed E-state index contributed by atoms with van der Waals surface area (Å²) in [7, 11) is 2.16. The van der Waals surface area contributed by atoms with Crippen LogP contribution in [0.2, 0.25) is 0 Å². The van der Waals surface area contributed by atoms with Gasteiger partial charge < -0.3 is 15.7 Å². The largest absolute Gasteiger partial charge is 0.384 e. The first-order valence-electron chi connectivity index (χ1n) is 12.1. The molecule has 8 heteroatoms. The zero-order valence-electron chi connectivity index (χ0n) is 20.7. The molecule has 1 aliphatic carbocycles. The molecule has 0 bridgehead atoms. The Bertz CT molecular complexity index is 1330. The summed E-state index contributed by atoms with van der Waals surface area (Å²) < 4.78 is 0. The number of rotatable bonds is 5. The summed E-state index contributed by atoms with van der Waals surface area (Å²) in [5, 5.41) is 27.0. The molecule has 3 heterocycles. The molecule has 0 saturated heterocycles. The third kappa shape index (κ3) is 4.11. The minimum Gasteiger partial charge on any atom is -0.384 e. The van der Waals surface area contributed by atoms with Crippen LogP contribution in [0.1, 0.15) is 61.6 Å². The number of aromatic nitrogens is 3. The van der Waals surface area contributed by atoms with Crippen molar-refractivity contribution in [1.29, 1.82) is 5.26 Å². The summed E-state index contributed by atoms with van der Waals surface area (Å²) in [6.45, 7) is 7.46. The van der Waals surface area contributed by atoms with Gasteiger partial charge in [0.25, 0.3) is 0 Å². The number of anilines is 4. The number of nitriles is 1. The first-order valence-corrected chi connectivity index (χ1v) is 12.1. The molecule has 2 aromatic heterocycles. The highest BCUT2D eigenvalue weighted by molar-refractivity contribution is 5.64. The molecule has 2 aliphatic rings. The van der Waals surface area contributed by atoms with Gasteiger partial charge in [0.2, 0.25) is 5.95 Å². The lowest BCUT2D eigenvalue weighted by atomic mass is 9.83. The van der Waals surface area contributed by atoms with Crippen molar-refractivity contribution in [2.45, 2.75) is 57.6 Å². The fraction of sp³-hybridized carbons (Fsp3) is 0.407. The fourth-order valence-corrected chi connectivity index (χ4v) is 5.08. The van der Waals surface area contributed by atoms with Gasteiger partial charge in [-0.25, -0.2) is 9.97 Å². The number of likely N-dealkylation sites (N-methyl/N-ethyl adjacent to an activating group) is 1. The van der Waals surface area contributed by atoms with E-state index in [4.69, 9.17) is 0 Å². The van der Waals surface area contributed by atoms with Gasteiger partial charge in [-0.1, -0.05) is 19.1 Å². The highest BCUT2D eigenvalue weighted by Gasteiger charge is 2.37. The van der Waals surface area contributed by atoms with Crippen molar-refractivity contribution in [3.63, 3.8) is 0 Å². The minimum absolute atomic E-state index is 0.0130. The second kappa shape index (κ2) is 8.59. The Morgan fingerprint density at radius 2 is 1.94 bits per heavy atom. The van der Waals surface area contributed by atoms with E-state index >= 15 is 0 Å². The van der Waals surface area contributed by atoms with E-state index in [1.165, 1.54) is 17.3 Å². The number of benzene rings is 1. The van der Waals surface area contributed by atoms with Crippen molar-refractivity contribution < 1.29 is 5.11 Å². The maximum atomic E-state index is 10.9. The molecule has 1 aromatic carbocycles. The van der Waals surface area contributed by atoms with Gasteiger partial charge in [-0.05, 0) is 81.5 Å². The van der Waals surface area contributed by atoms with Gasteiger partial charge in [0, 0.05) is 17.8 Å². The van der Waals surface area contributed by atoms with Crippen LogP contribution in [-0.4, -0.2) is 38.6 Å². The number of nitrogens with zero attached hydrogens (tertiary/aromatic N) is 5. The molecule has 0 spiro atoms. The molecule has 8 nitrogen and oxygen atoms in total. The van der Waals surface area contributed by atoms with Crippen LogP contribution < -0.4 is 10.6 Å². The lowest BCUT2D eigenvalue weighted by Gasteiger charge is -2.41. The van der Waals surface area contributed by atoms with Crippen molar-refractivity contribution in [2.75, 3.05) is 24.2 Å². The highest BCUT2D eigenvalue weighted by Crippen LogP contribution is 2.39.